The summed E-state index contributed by atoms with van der Waals surface area (Å²) in [5.74, 6) is 1.95. The van der Waals surface area contributed by atoms with Gasteiger partial charge in [0.2, 0.25) is 16.0 Å². The molecule has 0 saturated heterocycles. The zero-order valence-electron chi connectivity index (χ0n) is 17.1. The zero-order valence-corrected chi connectivity index (χ0v) is 18.8. The van der Waals surface area contributed by atoms with E-state index < -0.39 is 10.0 Å². The third kappa shape index (κ3) is 4.61. The summed E-state index contributed by atoms with van der Waals surface area (Å²) >= 11 is 0. The summed E-state index contributed by atoms with van der Waals surface area (Å²) in [5.41, 5.74) is 3.42. The van der Waals surface area contributed by atoms with E-state index in [2.05, 4.69) is 20.3 Å². The lowest BCUT2D eigenvalue weighted by Gasteiger charge is -2.19. The van der Waals surface area contributed by atoms with E-state index in [9.17, 15) is 8.42 Å². The highest BCUT2D eigenvalue weighted by atomic mass is 35.5. The van der Waals surface area contributed by atoms with Crippen LogP contribution in [0.3, 0.4) is 0 Å². The van der Waals surface area contributed by atoms with E-state index in [0.717, 1.165) is 22.5 Å². The summed E-state index contributed by atoms with van der Waals surface area (Å²) in [6.45, 7) is 1.97. The number of rotatable bonds is 5. The van der Waals surface area contributed by atoms with Gasteiger partial charge in [-0.1, -0.05) is 6.07 Å². The first-order valence-corrected chi connectivity index (χ1v) is 10.7. The molecule has 0 aliphatic carbocycles. The Hall–Kier alpha value is -3.21. The molecule has 0 saturated carbocycles. The van der Waals surface area contributed by atoms with Crippen LogP contribution >= 0.6 is 12.4 Å². The molecule has 31 heavy (non-hydrogen) atoms. The molecule has 0 bridgehead atoms. The number of benzene rings is 2. The van der Waals surface area contributed by atoms with E-state index in [4.69, 9.17) is 5.14 Å². The van der Waals surface area contributed by atoms with Gasteiger partial charge in [-0.2, -0.15) is 4.98 Å². The minimum Gasteiger partial charge on any atom is -0.331 e. The number of aryl methyl sites for hydroxylation is 2. The van der Waals surface area contributed by atoms with Gasteiger partial charge < -0.3 is 14.8 Å². The van der Waals surface area contributed by atoms with Gasteiger partial charge in [-0.3, -0.25) is 0 Å². The standard InChI is InChI=1S/C20H21N7O2S.ClH/c1-13-23-17-12-15(7-8-18(17)26(13)2)27(3)19-9-10-22-20(25-19)24-14-5-4-6-16(11-14)30(21,28)29;/h4-12H,1-3H3,(H2,21,28,29)(H,22,24,25);1H. The largest absolute Gasteiger partial charge is 0.331 e. The van der Waals surface area contributed by atoms with E-state index in [-0.39, 0.29) is 17.3 Å². The van der Waals surface area contributed by atoms with Gasteiger partial charge in [0.15, 0.2) is 0 Å². The average Bonchev–Trinajstić information content (AvgIpc) is 3.00. The minimum absolute atomic E-state index is 0. The van der Waals surface area contributed by atoms with Crippen molar-refractivity contribution in [2.24, 2.45) is 12.2 Å². The lowest BCUT2D eigenvalue weighted by Crippen LogP contribution is -2.13. The summed E-state index contributed by atoms with van der Waals surface area (Å²) in [4.78, 5) is 15.3. The van der Waals surface area contributed by atoms with Crippen LogP contribution in [0.1, 0.15) is 5.82 Å². The van der Waals surface area contributed by atoms with Gasteiger partial charge in [-0.15, -0.1) is 12.4 Å². The molecular weight excluding hydrogens is 438 g/mol. The van der Waals surface area contributed by atoms with Crippen LogP contribution in [0.5, 0.6) is 0 Å². The Morgan fingerprint density at radius 3 is 2.61 bits per heavy atom. The van der Waals surface area contributed by atoms with Gasteiger partial charge in [-0.25, -0.2) is 23.5 Å². The first-order chi connectivity index (χ1) is 14.2. The molecule has 11 heteroatoms. The van der Waals surface area contributed by atoms with Crippen LogP contribution in [0.2, 0.25) is 0 Å². The van der Waals surface area contributed by atoms with Crippen molar-refractivity contribution in [2.75, 3.05) is 17.3 Å². The number of imidazole rings is 1. The van der Waals surface area contributed by atoms with Gasteiger partial charge in [-0.05, 0) is 49.4 Å². The zero-order chi connectivity index (χ0) is 21.5. The Bertz CT molecular complexity index is 1350. The second kappa shape index (κ2) is 8.50. The Labute approximate surface area is 186 Å². The van der Waals surface area contributed by atoms with Crippen LogP contribution < -0.4 is 15.4 Å². The third-order valence-corrected chi connectivity index (χ3v) is 5.79. The maximum atomic E-state index is 11.6. The molecule has 0 aliphatic rings. The summed E-state index contributed by atoms with van der Waals surface area (Å²) in [5, 5.41) is 8.22. The van der Waals surface area contributed by atoms with E-state index in [1.165, 1.54) is 12.1 Å². The maximum Gasteiger partial charge on any atom is 0.238 e. The monoisotopic (exact) mass is 459 g/mol. The van der Waals surface area contributed by atoms with E-state index in [1.807, 2.05) is 48.7 Å². The van der Waals surface area contributed by atoms with Gasteiger partial charge >= 0.3 is 0 Å². The Morgan fingerprint density at radius 2 is 1.87 bits per heavy atom. The molecule has 0 spiro atoms. The summed E-state index contributed by atoms with van der Waals surface area (Å²) < 4.78 is 25.2. The molecule has 0 unspecified atom stereocenters. The molecule has 0 fully saturated rings. The molecular formula is C20H22ClN7O2S. The fourth-order valence-electron chi connectivity index (χ4n) is 3.13. The van der Waals surface area contributed by atoms with Crippen molar-refractivity contribution >= 4 is 56.6 Å². The van der Waals surface area contributed by atoms with Crippen molar-refractivity contribution in [1.82, 2.24) is 19.5 Å². The van der Waals surface area contributed by atoms with Crippen molar-refractivity contribution in [3.05, 3.63) is 60.6 Å². The number of nitrogens with one attached hydrogen (secondary N) is 1. The molecule has 0 aliphatic heterocycles. The number of hydrogen-bond acceptors (Lipinski definition) is 7. The molecule has 0 amide bonds. The quantitative estimate of drug-likeness (QED) is 0.470. The Balaban J connectivity index is 0.00000272. The molecule has 4 aromatic rings. The lowest BCUT2D eigenvalue weighted by atomic mass is 10.2. The van der Waals surface area contributed by atoms with Crippen LogP contribution in [0.15, 0.2) is 59.6 Å². The van der Waals surface area contributed by atoms with Gasteiger partial charge in [0.25, 0.3) is 0 Å². The number of primary sulfonamides is 1. The second-order valence-corrected chi connectivity index (χ2v) is 8.45. The van der Waals surface area contributed by atoms with E-state index >= 15 is 0 Å². The third-order valence-electron chi connectivity index (χ3n) is 4.88. The number of aromatic nitrogens is 4. The van der Waals surface area contributed by atoms with Crippen LogP contribution in [-0.2, 0) is 17.1 Å². The fourth-order valence-corrected chi connectivity index (χ4v) is 3.69. The first-order valence-electron chi connectivity index (χ1n) is 9.12. The normalized spacial score (nSPS) is 11.2. The first kappa shape index (κ1) is 22.5. The van der Waals surface area contributed by atoms with Crippen LogP contribution in [0.4, 0.5) is 23.1 Å². The van der Waals surface area contributed by atoms with Crippen molar-refractivity contribution in [3.8, 4) is 0 Å². The molecule has 0 radical (unpaired) electrons. The van der Waals surface area contributed by atoms with E-state index in [0.29, 0.717) is 17.5 Å². The Kier molecular flexibility index (Phi) is 6.16. The van der Waals surface area contributed by atoms with Crippen LogP contribution in [0, 0.1) is 6.92 Å². The lowest BCUT2D eigenvalue weighted by molar-refractivity contribution is 0.598. The fraction of sp³-hybridized carbons (Fsp3) is 0.150. The number of anilines is 4. The van der Waals surface area contributed by atoms with Crippen molar-refractivity contribution < 1.29 is 8.42 Å². The predicted molar refractivity (Wildman–Crippen MR) is 124 cm³/mol. The van der Waals surface area contributed by atoms with Gasteiger partial charge in [0.1, 0.15) is 11.6 Å². The van der Waals surface area contributed by atoms with Crippen LogP contribution in [0.25, 0.3) is 11.0 Å². The molecule has 2 aromatic carbocycles. The summed E-state index contributed by atoms with van der Waals surface area (Å²) in [6, 6.07) is 14.0. The van der Waals surface area contributed by atoms with Gasteiger partial charge in [0, 0.05) is 31.7 Å². The summed E-state index contributed by atoms with van der Waals surface area (Å²) in [6.07, 6.45) is 1.63. The van der Waals surface area contributed by atoms with Crippen LogP contribution in [-0.4, -0.2) is 35.0 Å². The number of halogens is 1. The van der Waals surface area contributed by atoms with Crippen molar-refractivity contribution in [2.45, 2.75) is 11.8 Å². The molecule has 2 heterocycles. The Morgan fingerprint density at radius 1 is 1.10 bits per heavy atom. The summed E-state index contributed by atoms with van der Waals surface area (Å²) in [7, 11) is 0.104. The number of hydrogen-bond donors (Lipinski definition) is 2. The molecule has 162 valence electrons. The smallest absolute Gasteiger partial charge is 0.238 e. The highest BCUT2D eigenvalue weighted by molar-refractivity contribution is 7.89. The minimum atomic E-state index is -3.79. The molecule has 3 N–H and O–H groups in total. The predicted octanol–water partition coefficient (Wildman–Crippen LogP) is 3.25. The van der Waals surface area contributed by atoms with Crippen molar-refractivity contribution in [1.29, 1.82) is 0 Å². The SMILES string of the molecule is Cc1nc2cc(N(C)c3ccnc(Nc4cccc(S(N)(=O)=O)c4)n3)ccc2n1C.Cl. The number of nitrogens with zero attached hydrogens (tertiary/aromatic N) is 5. The molecule has 9 nitrogen and oxygen atoms in total. The number of sulfonamides is 1. The number of nitrogens with two attached hydrogens (primary N) is 1. The van der Waals surface area contributed by atoms with Gasteiger partial charge in [0.05, 0.1) is 15.9 Å². The maximum absolute atomic E-state index is 11.6. The molecule has 2 aromatic heterocycles. The second-order valence-electron chi connectivity index (χ2n) is 6.89. The van der Waals surface area contributed by atoms with E-state index in [1.54, 1.807) is 24.4 Å². The molecule has 4 rings (SSSR count). The highest BCUT2D eigenvalue weighted by Crippen LogP contribution is 2.27. The highest BCUT2D eigenvalue weighted by Gasteiger charge is 2.12. The van der Waals surface area contributed by atoms with Crippen molar-refractivity contribution in [3.63, 3.8) is 0 Å². The average molecular weight is 460 g/mol. The number of fused-ring (bicyclic) bond motifs is 1. The molecule has 0 atom stereocenters. The topological polar surface area (TPSA) is 119 Å².